The first kappa shape index (κ1) is 11.5. The number of aryl methyl sites for hydroxylation is 1. The van der Waals surface area contributed by atoms with Gasteiger partial charge in [0.15, 0.2) is 0 Å². The molecular formula is C11H20N4O. The first-order valence-corrected chi connectivity index (χ1v) is 5.97. The van der Waals surface area contributed by atoms with Crippen molar-refractivity contribution in [2.45, 2.75) is 57.2 Å². The molecule has 0 radical (unpaired) electrons. The van der Waals surface area contributed by atoms with Gasteiger partial charge in [0, 0.05) is 19.0 Å². The molecule has 0 amide bonds. The SMILES string of the molecule is CCn1ncnc1CC1(O)CCC(N)CC1. The van der Waals surface area contributed by atoms with Gasteiger partial charge in [0.1, 0.15) is 12.2 Å². The van der Waals surface area contributed by atoms with Crippen molar-refractivity contribution in [3.63, 3.8) is 0 Å². The Morgan fingerprint density at radius 2 is 2.25 bits per heavy atom. The standard InChI is InChI=1S/C11H20N4O/c1-2-15-10(13-8-14-15)7-11(16)5-3-9(12)4-6-11/h8-9,16H,2-7,12H2,1H3. The van der Waals surface area contributed by atoms with E-state index < -0.39 is 5.60 Å². The monoisotopic (exact) mass is 224 g/mol. The van der Waals surface area contributed by atoms with Gasteiger partial charge in [0.2, 0.25) is 0 Å². The fourth-order valence-corrected chi connectivity index (χ4v) is 2.34. The molecule has 2 rings (SSSR count). The molecule has 3 N–H and O–H groups in total. The van der Waals surface area contributed by atoms with E-state index >= 15 is 0 Å². The minimum Gasteiger partial charge on any atom is -0.389 e. The Kier molecular flexibility index (Phi) is 3.25. The summed E-state index contributed by atoms with van der Waals surface area (Å²) in [6, 6.07) is 0.254. The summed E-state index contributed by atoms with van der Waals surface area (Å²) in [7, 11) is 0. The highest BCUT2D eigenvalue weighted by Gasteiger charge is 2.33. The molecule has 0 saturated heterocycles. The second-order valence-electron chi connectivity index (χ2n) is 4.73. The topological polar surface area (TPSA) is 77.0 Å². The van der Waals surface area contributed by atoms with Crippen LogP contribution in [0.4, 0.5) is 0 Å². The predicted molar refractivity (Wildman–Crippen MR) is 60.8 cm³/mol. The van der Waals surface area contributed by atoms with E-state index in [1.165, 1.54) is 0 Å². The molecule has 1 aromatic heterocycles. The smallest absolute Gasteiger partial charge is 0.138 e. The molecule has 0 atom stereocenters. The van der Waals surface area contributed by atoms with Gasteiger partial charge in [-0.3, -0.25) is 4.68 Å². The molecule has 1 aromatic rings. The lowest BCUT2D eigenvalue weighted by atomic mass is 9.80. The molecular weight excluding hydrogens is 204 g/mol. The lowest BCUT2D eigenvalue weighted by Crippen LogP contribution is -2.41. The molecule has 1 saturated carbocycles. The van der Waals surface area contributed by atoms with Crippen LogP contribution in [-0.4, -0.2) is 31.5 Å². The van der Waals surface area contributed by atoms with Crippen LogP contribution >= 0.6 is 0 Å². The van der Waals surface area contributed by atoms with Gasteiger partial charge in [0.05, 0.1) is 5.60 Å². The van der Waals surface area contributed by atoms with Crippen LogP contribution in [0.5, 0.6) is 0 Å². The Balaban J connectivity index is 2.03. The van der Waals surface area contributed by atoms with Gasteiger partial charge in [-0.05, 0) is 32.6 Å². The Labute approximate surface area is 95.7 Å². The van der Waals surface area contributed by atoms with E-state index in [1.54, 1.807) is 6.33 Å². The molecule has 0 aromatic carbocycles. The van der Waals surface area contributed by atoms with E-state index in [4.69, 9.17) is 5.73 Å². The van der Waals surface area contributed by atoms with E-state index in [0.29, 0.717) is 6.42 Å². The summed E-state index contributed by atoms with van der Waals surface area (Å²) in [6.07, 6.45) is 5.48. The van der Waals surface area contributed by atoms with Crippen molar-refractivity contribution in [1.82, 2.24) is 14.8 Å². The first-order chi connectivity index (χ1) is 7.63. The number of rotatable bonds is 3. The molecule has 1 aliphatic carbocycles. The fraction of sp³-hybridized carbons (Fsp3) is 0.818. The average Bonchev–Trinajstić information content (AvgIpc) is 2.70. The van der Waals surface area contributed by atoms with Crippen LogP contribution in [0.25, 0.3) is 0 Å². The van der Waals surface area contributed by atoms with Crippen LogP contribution in [0.1, 0.15) is 38.4 Å². The quantitative estimate of drug-likeness (QED) is 0.782. The summed E-state index contributed by atoms with van der Waals surface area (Å²) in [4.78, 5) is 4.21. The van der Waals surface area contributed by atoms with E-state index in [2.05, 4.69) is 10.1 Å². The van der Waals surface area contributed by atoms with Crippen LogP contribution in [0.15, 0.2) is 6.33 Å². The molecule has 1 heterocycles. The highest BCUT2D eigenvalue weighted by molar-refractivity contribution is 4.97. The maximum atomic E-state index is 10.4. The van der Waals surface area contributed by atoms with E-state index in [1.807, 2.05) is 11.6 Å². The number of aromatic nitrogens is 3. The minimum absolute atomic E-state index is 0.254. The van der Waals surface area contributed by atoms with Crippen molar-refractivity contribution in [2.75, 3.05) is 0 Å². The van der Waals surface area contributed by atoms with Crippen LogP contribution in [0.2, 0.25) is 0 Å². The maximum absolute atomic E-state index is 10.4. The molecule has 1 fully saturated rings. The van der Waals surface area contributed by atoms with Gasteiger partial charge in [-0.15, -0.1) is 0 Å². The third kappa shape index (κ3) is 2.41. The number of nitrogens with zero attached hydrogens (tertiary/aromatic N) is 3. The van der Waals surface area contributed by atoms with Crippen molar-refractivity contribution in [3.05, 3.63) is 12.2 Å². The van der Waals surface area contributed by atoms with Crippen LogP contribution in [-0.2, 0) is 13.0 Å². The molecule has 0 unspecified atom stereocenters. The van der Waals surface area contributed by atoms with E-state index in [9.17, 15) is 5.11 Å². The zero-order chi connectivity index (χ0) is 11.6. The third-order valence-corrected chi connectivity index (χ3v) is 3.44. The molecule has 16 heavy (non-hydrogen) atoms. The minimum atomic E-state index is -0.629. The van der Waals surface area contributed by atoms with Crippen molar-refractivity contribution >= 4 is 0 Å². The summed E-state index contributed by atoms with van der Waals surface area (Å²) in [5.41, 5.74) is 5.21. The number of hydrogen-bond donors (Lipinski definition) is 2. The summed E-state index contributed by atoms with van der Waals surface area (Å²) in [5, 5.41) is 14.6. The van der Waals surface area contributed by atoms with Gasteiger partial charge >= 0.3 is 0 Å². The van der Waals surface area contributed by atoms with Crippen LogP contribution in [0, 0.1) is 0 Å². The van der Waals surface area contributed by atoms with Gasteiger partial charge < -0.3 is 10.8 Å². The van der Waals surface area contributed by atoms with Crippen LogP contribution in [0.3, 0.4) is 0 Å². The average molecular weight is 224 g/mol. The molecule has 90 valence electrons. The first-order valence-electron chi connectivity index (χ1n) is 5.97. The van der Waals surface area contributed by atoms with Gasteiger partial charge in [0.25, 0.3) is 0 Å². The van der Waals surface area contributed by atoms with E-state index in [0.717, 1.165) is 38.1 Å². The molecule has 1 aliphatic rings. The molecule has 0 aliphatic heterocycles. The number of hydrogen-bond acceptors (Lipinski definition) is 4. The zero-order valence-corrected chi connectivity index (χ0v) is 9.76. The normalized spacial score (nSPS) is 30.6. The zero-order valence-electron chi connectivity index (χ0n) is 9.76. The lowest BCUT2D eigenvalue weighted by Gasteiger charge is -2.34. The molecule has 0 bridgehead atoms. The molecule has 5 heteroatoms. The van der Waals surface area contributed by atoms with Gasteiger partial charge in [-0.1, -0.05) is 0 Å². The highest BCUT2D eigenvalue weighted by atomic mass is 16.3. The van der Waals surface area contributed by atoms with Gasteiger partial charge in [-0.25, -0.2) is 4.98 Å². The second kappa shape index (κ2) is 4.51. The molecule has 5 nitrogen and oxygen atoms in total. The van der Waals surface area contributed by atoms with Crippen molar-refractivity contribution in [3.8, 4) is 0 Å². The fourth-order valence-electron chi connectivity index (χ4n) is 2.34. The Hall–Kier alpha value is -0.940. The summed E-state index contributed by atoms with van der Waals surface area (Å²) in [5.74, 6) is 0.875. The number of nitrogens with two attached hydrogens (primary N) is 1. The van der Waals surface area contributed by atoms with Crippen molar-refractivity contribution < 1.29 is 5.11 Å². The maximum Gasteiger partial charge on any atom is 0.138 e. The Morgan fingerprint density at radius 1 is 1.56 bits per heavy atom. The van der Waals surface area contributed by atoms with Crippen LogP contribution < -0.4 is 5.73 Å². The van der Waals surface area contributed by atoms with Crippen molar-refractivity contribution in [2.24, 2.45) is 5.73 Å². The predicted octanol–water partition coefficient (Wildman–Crippen LogP) is 0.473. The van der Waals surface area contributed by atoms with Gasteiger partial charge in [-0.2, -0.15) is 5.10 Å². The Bertz CT molecular complexity index is 342. The Morgan fingerprint density at radius 3 is 2.88 bits per heavy atom. The largest absolute Gasteiger partial charge is 0.389 e. The van der Waals surface area contributed by atoms with E-state index in [-0.39, 0.29) is 6.04 Å². The summed E-state index contributed by atoms with van der Waals surface area (Å²) in [6.45, 7) is 2.82. The molecule has 0 spiro atoms. The summed E-state index contributed by atoms with van der Waals surface area (Å²) >= 11 is 0. The summed E-state index contributed by atoms with van der Waals surface area (Å²) < 4.78 is 1.84. The lowest BCUT2D eigenvalue weighted by molar-refractivity contribution is -0.00228. The third-order valence-electron chi connectivity index (χ3n) is 3.44. The number of aliphatic hydroxyl groups is 1. The second-order valence-corrected chi connectivity index (χ2v) is 4.73. The highest BCUT2D eigenvalue weighted by Crippen LogP contribution is 2.30. The van der Waals surface area contributed by atoms with Crippen molar-refractivity contribution in [1.29, 1.82) is 0 Å².